The SMILES string of the molecule is CCCN(c1nccc(-c2cc3c(C(=O)O)cccc3s2)n1)N1CCNCC1. The Morgan fingerprint density at radius 2 is 2.14 bits per heavy atom. The van der Waals surface area contributed by atoms with E-state index in [1.54, 1.807) is 29.7 Å². The van der Waals surface area contributed by atoms with E-state index in [0.717, 1.165) is 59.8 Å². The van der Waals surface area contributed by atoms with Gasteiger partial charge in [-0.15, -0.1) is 11.3 Å². The molecule has 0 aliphatic carbocycles. The summed E-state index contributed by atoms with van der Waals surface area (Å²) in [6.07, 6.45) is 2.79. The van der Waals surface area contributed by atoms with Crippen LogP contribution < -0.4 is 10.3 Å². The first-order valence-electron chi connectivity index (χ1n) is 9.49. The van der Waals surface area contributed by atoms with E-state index in [9.17, 15) is 9.90 Å². The Morgan fingerprint density at radius 1 is 1.32 bits per heavy atom. The monoisotopic (exact) mass is 397 g/mol. The van der Waals surface area contributed by atoms with Gasteiger partial charge < -0.3 is 10.4 Å². The number of aromatic carboxylic acids is 1. The number of piperazine rings is 1. The summed E-state index contributed by atoms with van der Waals surface area (Å²) in [5, 5.41) is 18.0. The number of rotatable bonds is 6. The van der Waals surface area contributed by atoms with Gasteiger partial charge in [0, 0.05) is 49.0 Å². The van der Waals surface area contributed by atoms with E-state index in [-0.39, 0.29) is 0 Å². The van der Waals surface area contributed by atoms with Crippen molar-refractivity contribution in [2.75, 3.05) is 37.7 Å². The number of fused-ring (bicyclic) bond motifs is 1. The fourth-order valence-electron chi connectivity index (χ4n) is 3.46. The van der Waals surface area contributed by atoms with Crippen molar-refractivity contribution in [1.82, 2.24) is 20.3 Å². The zero-order valence-electron chi connectivity index (χ0n) is 15.8. The molecule has 146 valence electrons. The van der Waals surface area contributed by atoms with Crippen LogP contribution in [0.2, 0.25) is 0 Å². The summed E-state index contributed by atoms with van der Waals surface area (Å²) < 4.78 is 0.947. The molecule has 0 bridgehead atoms. The van der Waals surface area contributed by atoms with Crippen molar-refractivity contribution in [2.45, 2.75) is 13.3 Å². The lowest BCUT2D eigenvalue weighted by atomic mass is 10.1. The molecule has 2 aromatic heterocycles. The largest absolute Gasteiger partial charge is 0.478 e. The number of nitrogens with one attached hydrogen (secondary N) is 1. The van der Waals surface area contributed by atoms with Gasteiger partial charge >= 0.3 is 5.97 Å². The van der Waals surface area contributed by atoms with Gasteiger partial charge in [-0.1, -0.05) is 13.0 Å². The first-order chi connectivity index (χ1) is 13.7. The standard InChI is InChI=1S/C20H23N5O2S/c1-2-10-25(24-11-8-21-9-12-24)20-22-7-6-16(23-20)18-13-15-14(19(26)27)4-3-5-17(15)28-18/h3-7,13,21H,2,8-12H2,1H3,(H,26,27). The van der Waals surface area contributed by atoms with Gasteiger partial charge in [-0.3, -0.25) is 5.01 Å². The van der Waals surface area contributed by atoms with E-state index in [4.69, 9.17) is 4.98 Å². The van der Waals surface area contributed by atoms with E-state index in [2.05, 4.69) is 27.2 Å². The molecule has 1 aliphatic rings. The minimum atomic E-state index is -0.911. The molecule has 3 aromatic rings. The van der Waals surface area contributed by atoms with Crippen molar-refractivity contribution >= 4 is 33.3 Å². The average molecular weight is 398 g/mol. The van der Waals surface area contributed by atoms with Gasteiger partial charge in [0.25, 0.3) is 0 Å². The number of hydrogen-bond donors (Lipinski definition) is 2. The highest BCUT2D eigenvalue weighted by molar-refractivity contribution is 7.22. The first-order valence-corrected chi connectivity index (χ1v) is 10.3. The predicted octanol–water partition coefficient (Wildman–Crippen LogP) is 3.09. The zero-order chi connectivity index (χ0) is 19.5. The lowest BCUT2D eigenvalue weighted by molar-refractivity contribution is 0.0699. The number of hydrazine groups is 1. The predicted molar refractivity (Wildman–Crippen MR) is 112 cm³/mol. The fraction of sp³-hybridized carbons (Fsp3) is 0.350. The Bertz CT molecular complexity index is 984. The summed E-state index contributed by atoms with van der Waals surface area (Å²) in [4.78, 5) is 21.8. The summed E-state index contributed by atoms with van der Waals surface area (Å²) >= 11 is 1.56. The molecule has 28 heavy (non-hydrogen) atoms. The maximum Gasteiger partial charge on any atom is 0.336 e. The molecule has 1 saturated heterocycles. The molecule has 4 rings (SSSR count). The van der Waals surface area contributed by atoms with E-state index in [0.29, 0.717) is 11.5 Å². The Balaban J connectivity index is 1.70. The number of nitrogens with zero attached hydrogens (tertiary/aromatic N) is 4. The van der Waals surface area contributed by atoms with Crippen molar-refractivity contribution in [3.63, 3.8) is 0 Å². The van der Waals surface area contributed by atoms with Crippen molar-refractivity contribution in [3.05, 3.63) is 42.1 Å². The van der Waals surface area contributed by atoms with Crippen molar-refractivity contribution < 1.29 is 9.90 Å². The maximum atomic E-state index is 11.5. The second-order valence-corrected chi connectivity index (χ2v) is 7.79. The van der Waals surface area contributed by atoms with Crippen LogP contribution in [0.3, 0.4) is 0 Å². The normalized spacial score (nSPS) is 15.0. The number of benzene rings is 1. The van der Waals surface area contributed by atoms with Crippen molar-refractivity contribution in [2.24, 2.45) is 0 Å². The lowest BCUT2D eigenvalue weighted by Crippen LogP contribution is -2.53. The highest BCUT2D eigenvalue weighted by Gasteiger charge is 2.21. The average Bonchev–Trinajstić information content (AvgIpc) is 3.17. The molecule has 1 aromatic carbocycles. The van der Waals surface area contributed by atoms with E-state index < -0.39 is 5.97 Å². The number of carboxylic acid groups (broad SMARTS) is 1. The molecule has 8 heteroatoms. The highest BCUT2D eigenvalue weighted by atomic mass is 32.1. The van der Waals surface area contributed by atoms with Crippen LogP contribution in [0, 0.1) is 0 Å². The minimum absolute atomic E-state index is 0.322. The van der Waals surface area contributed by atoms with Gasteiger partial charge in [0.2, 0.25) is 5.95 Å². The molecular weight excluding hydrogens is 374 g/mol. The Labute approximate surface area is 167 Å². The molecule has 0 atom stereocenters. The number of carboxylic acids is 1. The van der Waals surface area contributed by atoms with Gasteiger partial charge in [0.05, 0.1) is 16.1 Å². The Kier molecular flexibility index (Phi) is 5.52. The molecule has 0 saturated carbocycles. The van der Waals surface area contributed by atoms with Gasteiger partial charge in [-0.05, 0) is 30.7 Å². The first kappa shape index (κ1) is 18.8. The highest BCUT2D eigenvalue weighted by Crippen LogP contribution is 2.34. The topological polar surface area (TPSA) is 81.6 Å². The second kappa shape index (κ2) is 8.22. The quantitative estimate of drug-likeness (QED) is 0.661. The van der Waals surface area contributed by atoms with Crippen LogP contribution >= 0.6 is 11.3 Å². The van der Waals surface area contributed by atoms with Gasteiger partial charge in [-0.25, -0.2) is 19.8 Å². The molecule has 0 radical (unpaired) electrons. The molecule has 0 unspecified atom stereocenters. The second-order valence-electron chi connectivity index (χ2n) is 6.70. The smallest absolute Gasteiger partial charge is 0.336 e. The zero-order valence-corrected chi connectivity index (χ0v) is 16.6. The van der Waals surface area contributed by atoms with Gasteiger partial charge in [0.15, 0.2) is 0 Å². The molecular formula is C20H23N5O2S. The summed E-state index contributed by atoms with van der Waals surface area (Å²) in [6, 6.07) is 9.17. The number of aromatic nitrogens is 2. The van der Waals surface area contributed by atoms with E-state index >= 15 is 0 Å². The van der Waals surface area contributed by atoms with E-state index in [1.807, 2.05) is 18.2 Å². The number of anilines is 1. The van der Waals surface area contributed by atoms with Crippen LogP contribution in [0.4, 0.5) is 5.95 Å². The molecule has 1 aliphatic heterocycles. The van der Waals surface area contributed by atoms with Crippen LogP contribution in [-0.2, 0) is 0 Å². The summed E-state index contributed by atoms with van der Waals surface area (Å²) in [5.74, 6) is -0.219. The summed E-state index contributed by atoms with van der Waals surface area (Å²) in [7, 11) is 0. The Hall–Kier alpha value is -2.55. The van der Waals surface area contributed by atoms with Crippen molar-refractivity contribution in [1.29, 1.82) is 0 Å². The fourth-order valence-corrected chi connectivity index (χ4v) is 4.52. The van der Waals surface area contributed by atoms with Crippen LogP contribution in [0.15, 0.2) is 36.5 Å². The summed E-state index contributed by atoms with van der Waals surface area (Å²) in [5.41, 5.74) is 1.14. The molecule has 3 heterocycles. The third-order valence-corrected chi connectivity index (χ3v) is 5.91. The maximum absolute atomic E-state index is 11.5. The minimum Gasteiger partial charge on any atom is -0.478 e. The van der Waals surface area contributed by atoms with Gasteiger partial charge in [-0.2, -0.15) is 0 Å². The molecule has 2 N–H and O–H groups in total. The third kappa shape index (κ3) is 3.71. The lowest BCUT2D eigenvalue weighted by Gasteiger charge is -2.37. The van der Waals surface area contributed by atoms with Crippen LogP contribution in [0.1, 0.15) is 23.7 Å². The number of hydrogen-bond acceptors (Lipinski definition) is 7. The van der Waals surface area contributed by atoms with E-state index in [1.165, 1.54) is 0 Å². The molecule has 0 spiro atoms. The van der Waals surface area contributed by atoms with Crippen LogP contribution in [0.25, 0.3) is 20.7 Å². The third-order valence-electron chi connectivity index (χ3n) is 4.79. The van der Waals surface area contributed by atoms with Crippen LogP contribution in [0.5, 0.6) is 0 Å². The number of thiophene rings is 1. The number of carbonyl (C=O) groups is 1. The van der Waals surface area contributed by atoms with Crippen LogP contribution in [-0.4, -0.2) is 58.8 Å². The van der Waals surface area contributed by atoms with Crippen molar-refractivity contribution in [3.8, 4) is 10.6 Å². The summed E-state index contributed by atoms with van der Waals surface area (Å²) in [6.45, 7) is 6.77. The molecule has 7 nitrogen and oxygen atoms in total. The van der Waals surface area contributed by atoms with Gasteiger partial charge in [0.1, 0.15) is 0 Å². The molecule has 0 amide bonds. The molecule has 1 fully saturated rings. The Morgan fingerprint density at radius 3 is 2.89 bits per heavy atom.